The van der Waals surface area contributed by atoms with Crippen molar-refractivity contribution in [2.45, 2.75) is 44.8 Å². The summed E-state index contributed by atoms with van der Waals surface area (Å²) in [6, 6.07) is 20.9. The molecule has 9 nitrogen and oxygen atoms in total. The average molecular weight is 610 g/mol. The maximum Gasteiger partial charge on any atom is 0.573 e. The van der Waals surface area contributed by atoms with E-state index < -0.39 is 6.36 Å². The van der Waals surface area contributed by atoms with Crippen LogP contribution in [-0.2, 0) is 11.3 Å². The molecule has 1 amide bonds. The lowest BCUT2D eigenvalue weighted by molar-refractivity contribution is -0.274. The number of hydrogen-bond acceptors (Lipinski definition) is 8. The molecule has 0 aliphatic carbocycles. The first-order valence-electron chi connectivity index (χ1n) is 13.5. The van der Waals surface area contributed by atoms with Gasteiger partial charge in [-0.25, -0.2) is 0 Å². The van der Waals surface area contributed by atoms with Crippen LogP contribution in [0.4, 0.5) is 24.8 Å². The number of para-hydroxylation sites is 1. The number of amides is 1. The zero-order chi connectivity index (χ0) is 30.7. The van der Waals surface area contributed by atoms with Gasteiger partial charge in [-0.05, 0) is 54.3 Å². The van der Waals surface area contributed by atoms with E-state index in [1.807, 2.05) is 55.5 Å². The molecular weight excluding hydrogens is 579 g/mol. The van der Waals surface area contributed by atoms with E-state index in [1.165, 1.54) is 40.7 Å². The van der Waals surface area contributed by atoms with Gasteiger partial charge in [0.15, 0.2) is 11.0 Å². The van der Waals surface area contributed by atoms with Crippen molar-refractivity contribution < 1.29 is 22.7 Å². The molecule has 0 bridgehead atoms. The van der Waals surface area contributed by atoms with Gasteiger partial charge in [-0.3, -0.25) is 9.69 Å². The first kappa shape index (κ1) is 30.0. The Bertz CT molecular complexity index is 1620. The Kier molecular flexibility index (Phi) is 8.62. The molecular formula is C30H30F3N7O2S. The molecule has 0 spiro atoms. The lowest BCUT2D eigenvalue weighted by Crippen LogP contribution is -2.33. The number of anilines is 2. The van der Waals surface area contributed by atoms with Crippen molar-refractivity contribution >= 4 is 34.5 Å². The SMILES string of the molecule is CNc1nc(-c2ccc(CN/N=C3/SC(C)C(=O)N3c3ccccc3C(C)C)cc2)nn1-c1ccc(OC(F)(F)F)cc1. The quantitative estimate of drug-likeness (QED) is 0.208. The first-order chi connectivity index (χ1) is 20.5. The Balaban J connectivity index is 1.28. The predicted octanol–water partition coefficient (Wildman–Crippen LogP) is 6.53. The van der Waals surface area contributed by atoms with Gasteiger partial charge in [-0.15, -0.1) is 18.3 Å². The molecule has 3 aromatic carbocycles. The van der Waals surface area contributed by atoms with E-state index in [0.717, 1.165) is 22.4 Å². The number of carbonyl (C=O) groups excluding carboxylic acids is 1. The van der Waals surface area contributed by atoms with Crippen LogP contribution < -0.4 is 20.4 Å². The number of amidine groups is 1. The highest BCUT2D eigenvalue weighted by atomic mass is 32.2. The minimum atomic E-state index is -4.76. The highest BCUT2D eigenvalue weighted by Crippen LogP contribution is 2.36. The van der Waals surface area contributed by atoms with E-state index >= 15 is 0 Å². The fourth-order valence-corrected chi connectivity index (χ4v) is 5.48. The molecule has 1 fully saturated rings. The second kappa shape index (κ2) is 12.4. The number of thioether (sulfide) groups is 1. The Hall–Kier alpha value is -4.52. The third-order valence-corrected chi connectivity index (χ3v) is 7.70. The molecule has 224 valence electrons. The van der Waals surface area contributed by atoms with Crippen LogP contribution in [0, 0.1) is 0 Å². The van der Waals surface area contributed by atoms with E-state index in [0.29, 0.717) is 29.2 Å². The van der Waals surface area contributed by atoms with Crippen molar-refractivity contribution in [3.8, 4) is 22.8 Å². The Morgan fingerprint density at radius 1 is 1.05 bits per heavy atom. The van der Waals surface area contributed by atoms with Gasteiger partial charge in [0, 0.05) is 12.6 Å². The summed E-state index contributed by atoms with van der Waals surface area (Å²) in [5, 5.41) is 12.4. The second-order valence-electron chi connectivity index (χ2n) is 10.0. The van der Waals surface area contributed by atoms with Gasteiger partial charge in [-0.2, -0.15) is 14.8 Å². The van der Waals surface area contributed by atoms with Crippen LogP contribution >= 0.6 is 11.8 Å². The molecule has 2 N–H and O–H groups in total. The maximum atomic E-state index is 13.0. The van der Waals surface area contributed by atoms with Crippen LogP contribution in [0.1, 0.15) is 37.8 Å². The highest BCUT2D eigenvalue weighted by Gasteiger charge is 2.37. The van der Waals surface area contributed by atoms with Crippen LogP contribution in [0.5, 0.6) is 5.75 Å². The minimum Gasteiger partial charge on any atom is -0.406 e. The fraction of sp³-hybridized carbons (Fsp3) is 0.267. The standard InChI is InChI=1S/C30H30F3N7O2S/c1-18(2)24-7-5-6-8-25(24)39-27(41)19(3)43-29(39)37-35-17-20-9-11-21(12-10-20)26-36-28(34-4)40(38-26)22-13-15-23(16-14-22)42-30(31,32)33/h5-16,18-19,35H,17H2,1-4H3,(H,34,36,38)/b37-29+. The molecule has 0 saturated carbocycles. The van der Waals surface area contributed by atoms with Gasteiger partial charge in [0.2, 0.25) is 11.9 Å². The number of nitrogens with zero attached hydrogens (tertiary/aromatic N) is 5. The molecule has 1 aromatic heterocycles. The number of halogens is 3. The van der Waals surface area contributed by atoms with E-state index in [4.69, 9.17) is 0 Å². The summed E-state index contributed by atoms with van der Waals surface area (Å²) in [6.07, 6.45) is -4.76. The Morgan fingerprint density at radius 3 is 2.40 bits per heavy atom. The van der Waals surface area contributed by atoms with Gasteiger partial charge in [0.25, 0.3) is 0 Å². The largest absolute Gasteiger partial charge is 0.573 e. The minimum absolute atomic E-state index is 0.00135. The summed E-state index contributed by atoms with van der Waals surface area (Å²) in [5.74, 6) is 0.789. The van der Waals surface area contributed by atoms with Crippen molar-refractivity contribution in [1.82, 2.24) is 20.2 Å². The third kappa shape index (κ3) is 6.77. The number of ether oxygens (including phenoxy) is 1. The summed E-state index contributed by atoms with van der Waals surface area (Å²) >= 11 is 1.42. The molecule has 1 atom stereocenters. The molecule has 2 heterocycles. The number of aromatic nitrogens is 3. The monoisotopic (exact) mass is 609 g/mol. The van der Waals surface area contributed by atoms with Gasteiger partial charge < -0.3 is 15.5 Å². The zero-order valence-electron chi connectivity index (χ0n) is 23.9. The van der Waals surface area contributed by atoms with Gasteiger partial charge in [0.1, 0.15) is 5.75 Å². The Morgan fingerprint density at radius 2 is 1.74 bits per heavy atom. The lowest BCUT2D eigenvalue weighted by Gasteiger charge is -2.21. The number of nitrogens with one attached hydrogen (secondary N) is 2. The van der Waals surface area contributed by atoms with Gasteiger partial charge in [0.05, 0.1) is 23.2 Å². The number of alkyl halides is 3. The third-order valence-electron chi connectivity index (χ3n) is 6.66. The van der Waals surface area contributed by atoms with E-state index in [2.05, 4.69) is 44.5 Å². The zero-order valence-corrected chi connectivity index (χ0v) is 24.7. The highest BCUT2D eigenvalue weighted by molar-refractivity contribution is 8.16. The van der Waals surface area contributed by atoms with E-state index in [9.17, 15) is 18.0 Å². The maximum absolute atomic E-state index is 13.0. The topological polar surface area (TPSA) is 96.7 Å². The summed E-state index contributed by atoms with van der Waals surface area (Å²) in [6.45, 7) is 6.51. The Labute approximate surface area is 251 Å². The summed E-state index contributed by atoms with van der Waals surface area (Å²) in [4.78, 5) is 19.2. The molecule has 1 saturated heterocycles. The van der Waals surface area contributed by atoms with E-state index in [1.54, 1.807) is 11.9 Å². The first-order valence-corrected chi connectivity index (χ1v) is 14.4. The van der Waals surface area contributed by atoms with Crippen LogP contribution in [0.25, 0.3) is 17.1 Å². The smallest absolute Gasteiger partial charge is 0.406 e. The van der Waals surface area contributed by atoms with Crippen LogP contribution in [0.3, 0.4) is 0 Å². The van der Waals surface area contributed by atoms with Crippen molar-refractivity contribution in [3.63, 3.8) is 0 Å². The number of hydrogen-bond donors (Lipinski definition) is 2. The van der Waals surface area contributed by atoms with Crippen LogP contribution in [0.15, 0.2) is 77.9 Å². The van der Waals surface area contributed by atoms with Crippen molar-refractivity contribution in [1.29, 1.82) is 0 Å². The molecule has 5 rings (SSSR count). The summed E-state index contributed by atoms with van der Waals surface area (Å²) in [5.41, 5.74) is 7.26. The predicted molar refractivity (Wildman–Crippen MR) is 162 cm³/mol. The molecule has 43 heavy (non-hydrogen) atoms. The molecule has 1 aliphatic rings. The fourth-order valence-electron chi connectivity index (χ4n) is 4.55. The average Bonchev–Trinajstić information content (AvgIpc) is 3.53. The number of carbonyl (C=O) groups is 1. The van der Waals surface area contributed by atoms with Crippen LogP contribution in [-0.4, -0.2) is 44.5 Å². The normalized spacial score (nSPS) is 16.3. The van der Waals surface area contributed by atoms with Crippen LogP contribution in [0.2, 0.25) is 0 Å². The van der Waals surface area contributed by atoms with E-state index in [-0.39, 0.29) is 22.8 Å². The van der Waals surface area contributed by atoms with Gasteiger partial charge in [-0.1, -0.05) is 68.1 Å². The molecule has 1 aliphatic heterocycles. The molecule has 13 heteroatoms. The summed E-state index contributed by atoms with van der Waals surface area (Å²) < 4.78 is 43.0. The lowest BCUT2D eigenvalue weighted by atomic mass is 10.0. The molecule has 0 radical (unpaired) electrons. The number of rotatable bonds is 9. The molecule has 4 aromatic rings. The second-order valence-corrected chi connectivity index (χ2v) is 11.3. The van der Waals surface area contributed by atoms with Crippen molar-refractivity contribution in [2.24, 2.45) is 5.10 Å². The number of benzene rings is 3. The molecule has 1 unspecified atom stereocenters. The van der Waals surface area contributed by atoms with Crippen molar-refractivity contribution in [3.05, 3.63) is 83.9 Å². The summed E-state index contributed by atoms with van der Waals surface area (Å²) in [7, 11) is 1.68. The van der Waals surface area contributed by atoms with Crippen molar-refractivity contribution in [2.75, 3.05) is 17.3 Å². The number of hydrazone groups is 1. The van der Waals surface area contributed by atoms with Gasteiger partial charge >= 0.3 is 6.36 Å².